The number of aromatic amines is 1. The first-order valence-electron chi connectivity index (χ1n) is 6.62. The van der Waals surface area contributed by atoms with E-state index in [1.807, 2.05) is 0 Å². The number of nitrogens with one attached hydrogen (secondary N) is 1. The van der Waals surface area contributed by atoms with E-state index in [2.05, 4.69) is 14.7 Å². The molecule has 2 rings (SSSR count). The molecule has 0 atom stereocenters. The number of ether oxygens (including phenoxy) is 1. The van der Waals surface area contributed by atoms with Crippen LogP contribution in [0.25, 0.3) is 0 Å². The third-order valence-corrected chi connectivity index (χ3v) is 3.89. The maximum Gasteiger partial charge on any atom is 0.311 e. The van der Waals surface area contributed by atoms with Crippen LogP contribution < -0.4 is 5.56 Å². The van der Waals surface area contributed by atoms with Gasteiger partial charge in [0.1, 0.15) is 0 Å². The zero-order chi connectivity index (χ0) is 16.1. The van der Waals surface area contributed by atoms with Gasteiger partial charge in [-0.05, 0) is 6.42 Å². The largest absolute Gasteiger partial charge is 0.469 e. The number of H-pyrrole nitrogens is 1. The molecule has 1 aliphatic heterocycles. The summed E-state index contributed by atoms with van der Waals surface area (Å²) in [5, 5.41) is 0.228. The van der Waals surface area contributed by atoms with Gasteiger partial charge < -0.3 is 9.72 Å². The Morgan fingerprint density at radius 2 is 2.23 bits per heavy atom. The summed E-state index contributed by atoms with van der Waals surface area (Å²) in [6, 6.07) is 1.20. The van der Waals surface area contributed by atoms with E-state index in [0.29, 0.717) is 19.4 Å². The smallest absolute Gasteiger partial charge is 0.311 e. The van der Waals surface area contributed by atoms with E-state index in [0.717, 1.165) is 11.8 Å². The van der Waals surface area contributed by atoms with Crippen LogP contribution in [-0.4, -0.2) is 52.1 Å². The van der Waals surface area contributed by atoms with Gasteiger partial charge in [0, 0.05) is 19.0 Å². The lowest BCUT2D eigenvalue weighted by atomic mass is 10.3. The number of nitrogens with zero attached hydrogens (tertiary/aromatic N) is 2. The topological polar surface area (TPSA) is 109 Å². The van der Waals surface area contributed by atoms with E-state index in [-0.39, 0.29) is 34.8 Å². The van der Waals surface area contributed by atoms with Gasteiger partial charge in [0.15, 0.2) is 5.16 Å². The molecular formula is C13H15N3O5S. The van der Waals surface area contributed by atoms with E-state index in [1.165, 1.54) is 18.1 Å². The highest BCUT2D eigenvalue weighted by Crippen LogP contribution is 2.16. The lowest BCUT2D eigenvalue weighted by Gasteiger charge is -2.12. The maximum atomic E-state index is 11.9. The average Bonchev–Trinajstić information content (AvgIpc) is 2.90. The van der Waals surface area contributed by atoms with Gasteiger partial charge in [-0.3, -0.25) is 24.1 Å². The minimum atomic E-state index is -0.507. The Bertz CT molecular complexity index is 657. The number of aromatic nitrogens is 2. The summed E-state index contributed by atoms with van der Waals surface area (Å²) in [4.78, 5) is 53.9. The molecule has 8 nitrogen and oxygen atoms in total. The Hall–Kier alpha value is -2.16. The number of hydrogen-bond donors (Lipinski definition) is 1. The maximum absolute atomic E-state index is 11.9. The fraction of sp³-hybridized carbons (Fsp3) is 0.462. The molecule has 0 aromatic carbocycles. The number of likely N-dealkylation sites (tertiary alicyclic amines) is 1. The zero-order valence-corrected chi connectivity index (χ0v) is 12.8. The molecule has 1 saturated heterocycles. The molecule has 1 aromatic heterocycles. The molecule has 1 fully saturated rings. The molecule has 0 radical (unpaired) electrons. The number of rotatable bonds is 5. The number of hydrogen-bond acceptors (Lipinski definition) is 7. The van der Waals surface area contributed by atoms with Crippen molar-refractivity contribution in [3.05, 3.63) is 22.1 Å². The van der Waals surface area contributed by atoms with Crippen molar-refractivity contribution in [3.63, 3.8) is 0 Å². The van der Waals surface area contributed by atoms with Gasteiger partial charge in [-0.1, -0.05) is 11.8 Å². The van der Waals surface area contributed by atoms with Crippen molar-refractivity contribution < 1.29 is 19.1 Å². The van der Waals surface area contributed by atoms with Gasteiger partial charge in [0.25, 0.3) is 5.56 Å². The fourth-order valence-corrected chi connectivity index (χ4v) is 2.75. The van der Waals surface area contributed by atoms with Gasteiger partial charge in [-0.2, -0.15) is 0 Å². The summed E-state index contributed by atoms with van der Waals surface area (Å²) in [7, 11) is 1.25. The summed E-state index contributed by atoms with van der Waals surface area (Å²) in [5.41, 5.74) is -0.149. The van der Waals surface area contributed by atoms with Crippen molar-refractivity contribution in [3.8, 4) is 0 Å². The van der Waals surface area contributed by atoms with Crippen LogP contribution in [0, 0.1) is 0 Å². The minimum Gasteiger partial charge on any atom is -0.469 e. The van der Waals surface area contributed by atoms with Gasteiger partial charge in [-0.25, -0.2) is 4.98 Å². The number of thioether (sulfide) groups is 1. The second-order valence-corrected chi connectivity index (χ2v) is 5.59. The molecule has 22 heavy (non-hydrogen) atoms. The Balaban J connectivity index is 2.00. The molecule has 9 heteroatoms. The van der Waals surface area contributed by atoms with Crippen molar-refractivity contribution in [1.29, 1.82) is 0 Å². The van der Waals surface area contributed by atoms with Crippen LogP contribution in [0.15, 0.2) is 16.0 Å². The van der Waals surface area contributed by atoms with Gasteiger partial charge >= 0.3 is 5.97 Å². The van der Waals surface area contributed by atoms with Crippen LogP contribution in [0.2, 0.25) is 0 Å². The molecule has 0 aliphatic carbocycles. The second-order valence-electron chi connectivity index (χ2n) is 4.63. The molecule has 2 heterocycles. The van der Waals surface area contributed by atoms with Crippen LogP contribution in [0.4, 0.5) is 0 Å². The Kier molecular flexibility index (Phi) is 5.31. The van der Waals surface area contributed by atoms with E-state index in [4.69, 9.17) is 0 Å². The fourth-order valence-electron chi connectivity index (χ4n) is 1.98. The zero-order valence-electron chi connectivity index (χ0n) is 12.0. The van der Waals surface area contributed by atoms with Gasteiger partial charge in [0.2, 0.25) is 11.8 Å². The predicted molar refractivity (Wildman–Crippen MR) is 77.3 cm³/mol. The van der Waals surface area contributed by atoms with Crippen molar-refractivity contribution in [2.24, 2.45) is 0 Å². The van der Waals surface area contributed by atoms with Gasteiger partial charge in [0.05, 0.1) is 25.0 Å². The molecule has 1 N–H and O–H groups in total. The molecule has 0 spiro atoms. The average molecular weight is 325 g/mol. The number of esters is 1. The first kappa shape index (κ1) is 16.2. The standard InChI is InChI=1S/C13H15N3O5S/c1-21-12(20)6-8-5-9(17)15-13(14-8)22-7-11(19)16-4-2-3-10(16)18/h5H,2-4,6-7H2,1H3,(H,14,15,17). The third kappa shape index (κ3) is 4.17. The van der Waals surface area contributed by atoms with Crippen molar-refractivity contribution in [2.45, 2.75) is 24.4 Å². The number of methoxy groups -OCH3 is 1. The molecule has 1 aromatic rings. The quantitative estimate of drug-likeness (QED) is 0.451. The van der Waals surface area contributed by atoms with Crippen LogP contribution in [0.5, 0.6) is 0 Å². The van der Waals surface area contributed by atoms with Crippen LogP contribution in [-0.2, 0) is 25.5 Å². The second kappa shape index (κ2) is 7.21. The molecule has 0 unspecified atom stereocenters. The summed E-state index contributed by atoms with van der Waals surface area (Å²) >= 11 is 1.02. The van der Waals surface area contributed by atoms with E-state index >= 15 is 0 Å². The number of carbonyl (C=O) groups excluding carboxylic acids is 3. The normalized spacial score (nSPS) is 14.2. The Morgan fingerprint density at radius 1 is 1.45 bits per heavy atom. The summed E-state index contributed by atoms with van der Waals surface area (Å²) in [6.07, 6.45) is 0.950. The Morgan fingerprint density at radius 3 is 2.86 bits per heavy atom. The van der Waals surface area contributed by atoms with Crippen LogP contribution in [0.3, 0.4) is 0 Å². The molecule has 2 amide bonds. The van der Waals surface area contributed by atoms with Gasteiger partial charge in [-0.15, -0.1) is 0 Å². The lowest BCUT2D eigenvalue weighted by molar-refractivity contribution is -0.141. The molecule has 118 valence electrons. The molecular weight excluding hydrogens is 310 g/mol. The Labute approximate surface area is 130 Å². The highest BCUT2D eigenvalue weighted by atomic mass is 32.2. The van der Waals surface area contributed by atoms with Crippen molar-refractivity contribution in [2.75, 3.05) is 19.4 Å². The molecule has 1 aliphatic rings. The van der Waals surface area contributed by atoms with E-state index < -0.39 is 11.5 Å². The molecule has 0 bridgehead atoms. The van der Waals surface area contributed by atoms with Crippen molar-refractivity contribution >= 4 is 29.5 Å². The SMILES string of the molecule is COC(=O)Cc1cc(=O)[nH]c(SCC(=O)N2CCCC2=O)n1. The van der Waals surface area contributed by atoms with Crippen LogP contribution >= 0.6 is 11.8 Å². The highest BCUT2D eigenvalue weighted by molar-refractivity contribution is 7.99. The number of amides is 2. The number of imide groups is 1. The van der Waals surface area contributed by atoms with E-state index in [9.17, 15) is 19.2 Å². The monoisotopic (exact) mass is 325 g/mol. The van der Waals surface area contributed by atoms with Crippen molar-refractivity contribution in [1.82, 2.24) is 14.9 Å². The summed E-state index contributed by atoms with van der Waals surface area (Å²) in [6.45, 7) is 0.435. The van der Waals surface area contributed by atoms with E-state index in [1.54, 1.807) is 0 Å². The third-order valence-electron chi connectivity index (χ3n) is 3.03. The predicted octanol–water partition coefficient (Wildman–Crippen LogP) is -0.274. The molecule has 0 saturated carbocycles. The summed E-state index contributed by atoms with van der Waals surface area (Å²) < 4.78 is 4.52. The summed E-state index contributed by atoms with van der Waals surface area (Å²) in [5.74, 6) is -0.996. The first-order valence-corrected chi connectivity index (χ1v) is 7.61. The number of carbonyl (C=O) groups is 3. The highest BCUT2D eigenvalue weighted by Gasteiger charge is 2.26. The lowest BCUT2D eigenvalue weighted by Crippen LogP contribution is -2.33. The van der Waals surface area contributed by atoms with Crippen LogP contribution in [0.1, 0.15) is 18.5 Å². The first-order chi connectivity index (χ1) is 10.5. The minimum absolute atomic E-state index is 0.00361.